The monoisotopic (exact) mass is 328 g/mol. The maximum atomic E-state index is 11.2. The second-order valence-electron chi connectivity index (χ2n) is 3.39. The molecule has 3 nitrogen and oxygen atoms in total. The van der Waals surface area contributed by atoms with Crippen LogP contribution in [0.2, 0.25) is 0 Å². The number of benzene rings is 1. The van der Waals surface area contributed by atoms with Crippen molar-refractivity contribution in [3.8, 4) is 0 Å². The predicted molar refractivity (Wildman–Crippen MR) is 72.9 cm³/mol. The molecule has 0 saturated heterocycles. The fourth-order valence-electron chi connectivity index (χ4n) is 1.22. The molecule has 0 aliphatic rings. The molecule has 0 aliphatic heterocycles. The topological polar surface area (TPSA) is 42.9 Å². The predicted octanol–water partition coefficient (Wildman–Crippen LogP) is 3.96. The van der Waals surface area contributed by atoms with Gasteiger partial charge in [0.1, 0.15) is 5.01 Å². The van der Waals surface area contributed by atoms with Gasteiger partial charge in [0.15, 0.2) is 10.1 Å². The summed E-state index contributed by atoms with van der Waals surface area (Å²) in [5.74, 6) is 0.0639. The zero-order valence-electron chi connectivity index (χ0n) is 9.23. The number of Topliss-reactive ketones (excluding diaryl/α,β-unsaturated/α-hetero) is 1. The van der Waals surface area contributed by atoms with Crippen LogP contribution in [0.25, 0.3) is 0 Å². The van der Waals surface area contributed by atoms with Crippen LogP contribution < -0.4 is 0 Å². The van der Waals surface area contributed by atoms with Crippen LogP contribution in [-0.4, -0.2) is 16.0 Å². The van der Waals surface area contributed by atoms with Gasteiger partial charge in [0.05, 0.1) is 0 Å². The van der Waals surface area contributed by atoms with E-state index in [0.29, 0.717) is 5.56 Å². The third kappa shape index (κ3) is 3.14. The molecule has 88 valence electrons. The van der Waals surface area contributed by atoms with Crippen molar-refractivity contribution in [1.29, 1.82) is 0 Å². The summed E-state index contributed by atoms with van der Waals surface area (Å²) in [6.07, 6.45) is 0. The summed E-state index contributed by atoms with van der Waals surface area (Å²) in [6.45, 7) is 3.48. The number of halogens is 1. The van der Waals surface area contributed by atoms with Gasteiger partial charge in [0, 0.05) is 14.9 Å². The van der Waals surface area contributed by atoms with Gasteiger partial charge >= 0.3 is 0 Å². The summed E-state index contributed by atoms with van der Waals surface area (Å²) in [5, 5.41) is 8.97. The van der Waals surface area contributed by atoms with E-state index in [2.05, 4.69) is 26.1 Å². The Morgan fingerprint density at radius 3 is 2.71 bits per heavy atom. The van der Waals surface area contributed by atoms with Crippen molar-refractivity contribution in [2.24, 2.45) is 0 Å². The zero-order chi connectivity index (χ0) is 12.4. The number of hydrogen-bond acceptors (Lipinski definition) is 5. The molecule has 6 heteroatoms. The Labute approximate surface area is 116 Å². The van der Waals surface area contributed by atoms with Crippen LogP contribution in [0.15, 0.2) is 31.9 Å². The van der Waals surface area contributed by atoms with Crippen LogP contribution >= 0.6 is 39.0 Å². The van der Waals surface area contributed by atoms with E-state index in [1.807, 2.05) is 25.1 Å². The molecule has 0 spiro atoms. The van der Waals surface area contributed by atoms with Crippen LogP contribution in [0.1, 0.15) is 22.3 Å². The van der Waals surface area contributed by atoms with Gasteiger partial charge < -0.3 is 0 Å². The Hall–Kier alpha value is -0.720. The van der Waals surface area contributed by atoms with Crippen LogP contribution in [-0.2, 0) is 0 Å². The fourth-order valence-corrected chi connectivity index (χ4v) is 3.61. The Morgan fingerprint density at radius 1 is 1.41 bits per heavy atom. The average molecular weight is 329 g/mol. The highest BCUT2D eigenvalue weighted by atomic mass is 79.9. The van der Waals surface area contributed by atoms with Crippen LogP contribution in [0.5, 0.6) is 0 Å². The molecule has 2 rings (SSSR count). The lowest BCUT2D eigenvalue weighted by atomic mass is 10.2. The van der Waals surface area contributed by atoms with Crippen molar-refractivity contribution in [2.75, 3.05) is 0 Å². The first-order valence-electron chi connectivity index (χ1n) is 4.84. The molecule has 0 N–H and O–H groups in total. The number of carbonyl (C=O) groups is 1. The van der Waals surface area contributed by atoms with E-state index >= 15 is 0 Å². The van der Waals surface area contributed by atoms with Crippen molar-refractivity contribution in [2.45, 2.75) is 23.1 Å². The number of nitrogens with zero attached hydrogens (tertiary/aromatic N) is 2. The quantitative estimate of drug-likeness (QED) is 0.800. The van der Waals surface area contributed by atoms with Gasteiger partial charge in [-0.25, -0.2) is 0 Å². The molecule has 0 saturated carbocycles. The Bertz CT molecular complexity index is 568. The lowest BCUT2D eigenvalue weighted by molar-refractivity contribution is 0.101. The molecular weight excluding hydrogens is 320 g/mol. The summed E-state index contributed by atoms with van der Waals surface area (Å²) in [4.78, 5) is 12.3. The van der Waals surface area contributed by atoms with Crippen LogP contribution in [0, 0.1) is 6.92 Å². The molecule has 0 fully saturated rings. The van der Waals surface area contributed by atoms with Crippen LogP contribution in [0.3, 0.4) is 0 Å². The molecule has 1 aromatic carbocycles. The van der Waals surface area contributed by atoms with Crippen molar-refractivity contribution in [3.63, 3.8) is 0 Å². The third-order valence-electron chi connectivity index (χ3n) is 2.04. The van der Waals surface area contributed by atoms with Crippen molar-refractivity contribution < 1.29 is 4.79 Å². The van der Waals surface area contributed by atoms with Gasteiger partial charge in [-0.1, -0.05) is 29.2 Å². The highest BCUT2D eigenvalue weighted by Crippen LogP contribution is 2.35. The molecule has 0 bridgehead atoms. The first-order chi connectivity index (χ1) is 8.06. The van der Waals surface area contributed by atoms with Crippen molar-refractivity contribution >= 4 is 44.8 Å². The molecule has 0 aliphatic carbocycles. The summed E-state index contributed by atoms with van der Waals surface area (Å²) in [5.41, 5.74) is 0.703. The molecule has 17 heavy (non-hydrogen) atoms. The molecule has 0 unspecified atom stereocenters. The summed E-state index contributed by atoms with van der Waals surface area (Å²) < 4.78 is 1.81. The Morgan fingerprint density at radius 2 is 2.18 bits per heavy atom. The largest absolute Gasteiger partial charge is 0.295 e. The summed E-state index contributed by atoms with van der Waals surface area (Å²) >= 11 is 6.56. The van der Waals surface area contributed by atoms with E-state index < -0.39 is 0 Å². The maximum Gasteiger partial charge on any atom is 0.179 e. The summed E-state index contributed by atoms with van der Waals surface area (Å²) in [6, 6.07) is 5.57. The number of carbonyl (C=O) groups excluding carboxylic acids is 1. The number of ketones is 1. The van der Waals surface area contributed by atoms with Crippen molar-refractivity contribution in [1.82, 2.24) is 10.2 Å². The van der Waals surface area contributed by atoms with Crippen molar-refractivity contribution in [3.05, 3.63) is 33.2 Å². The minimum absolute atomic E-state index is 0.0639. The zero-order valence-corrected chi connectivity index (χ0v) is 12.4. The van der Waals surface area contributed by atoms with E-state index in [9.17, 15) is 4.79 Å². The molecule has 0 atom stereocenters. The standard InChI is InChI=1S/C11H9BrN2OS2/c1-6(15)8-3-4-10(9(12)5-8)17-11-14-13-7(2)16-11/h3-5H,1-2H3. The molecule has 0 radical (unpaired) electrons. The molecule has 2 aromatic rings. The number of hydrogen-bond donors (Lipinski definition) is 0. The van der Waals surface area contributed by atoms with Gasteiger partial charge in [0.2, 0.25) is 0 Å². The first kappa shape index (κ1) is 12.7. The SMILES string of the molecule is CC(=O)c1ccc(Sc2nnc(C)s2)c(Br)c1. The lowest BCUT2D eigenvalue weighted by Crippen LogP contribution is -1.91. The van der Waals surface area contributed by atoms with E-state index in [-0.39, 0.29) is 5.78 Å². The molecular formula is C11H9BrN2OS2. The number of aryl methyl sites for hydroxylation is 1. The summed E-state index contributed by atoms with van der Waals surface area (Å²) in [7, 11) is 0. The second kappa shape index (κ2) is 5.29. The maximum absolute atomic E-state index is 11.2. The highest BCUT2D eigenvalue weighted by Gasteiger charge is 2.08. The molecule has 1 aromatic heterocycles. The van der Waals surface area contributed by atoms with Crippen LogP contribution in [0.4, 0.5) is 0 Å². The minimum Gasteiger partial charge on any atom is -0.295 e. The Kier molecular flexibility index (Phi) is 3.96. The second-order valence-corrected chi connectivity index (χ2v) is 6.72. The van der Waals surface area contributed by atoms with E-state index in [4.69, 9.17) is 0 Å². The van der Waals surface area contributed by atoms with Gasteiger partial charge in [0.25, 0.3) is 0 Å². The Balaban J connectivity index is 2.25. The fraction of sp³-hybridized carbons (Fsp3) is 0.182. The first-order valence-corrected chi connectivity index (χ1v) is 7.27. The van der Waals surface area contributed by atoms with E-state index in [1.54, 1.807) is 30.0 Å². The highest BCUT2D eigenvalue weighted by molar-refractivity contribution is 9.10. The van der Waals surface area contributed by atoms with Gasteiger partial charge in [-0.15, -0.1) is 10.2 Å². The normalized spacial score (nSPS) is 10.5. The number of rotatable bonds is 3. The average Bonchev–Trinajstić information content (AvgIpc) is 2.67. The minimum atomic E-state index is 0.0639. The van der Waals surface area contributed by atoms with Gasteiger partial charge in [-0.05, 0) is 41.9 Å². The van der Waals surface area contributed by atoms with E-state index in [1.165, 1.54) is 0 Å². The van der Waals surface area contributed by atoms with Gasteiger partial charge in [-0.2, -0.15) is 0 Å². The third-order valence-corrected chi connectivity index (χ3v) is 4.93. The number of aromatic nitrogens is 2. The lowest BCUT2D eigenvalue weighted by Gasteiger charge is -2.03. The van der Waals surface area contributed by atoms with Gasteiger partial charge in [-0.3, -0.25) is 4.79 Å². The van der Waals surface area contributed by atoms with E-state index in [0.717, 1.165) is 18.7 Å². The molecule has 0 amide bonds. The molecule has 1 heterocycles. The smallest absolute Gasteiger partial charge is 0.179 e.